The van der Waals surface area contributed by atoms with Gasteiger partial charge in [-0.15, -0.1) is 0 Å². The first-order chi connectivity index (χ1) is 9.99. The zero-order chi connectivity index (χ0) is 15.4. The monoisotopic (exact) mass is 462 g/mol. The molecule has 2 aromatic rings. The number of carbonyl (C=O) groups is 2. The minimum atomic E-state index is -0.236. The molecular weight excluding hydrogens is 451 g/mol. The second-order valence-electron chi connectivity index (χ2n) is 4.18. The van der Waals surface area contributed by atoms with Crippen LogP contribution in [0.4, 0.5) is 5.69 Å². The van der Waals surface area contributed by atoms with Crippen molar-refractivity contribution in [2.24, 2.45) is 0 Å². The summed E-state index contributed by atoms with van der Waals surface area (Å²) >= 11 is 5.50. The number of rotatable bonds is 4. The van der Waals surface area contributed by atoms with E-state index in [1.165, 1.54) is 10.9 Å². The Morgan fingerprint density at radius 1 is 1.43 bits per heavy atom. The van der Waals surface area contributed by atoms with E-state index in [4.69, 9.17) is 0 Å². The average molecular weight is 463 g/mol. The summed E-state index contributed by atoms with van der Waals surface area (Å²) in [4.78, 5) is 23.5. The lowest BCUT2D eigenvalue weighted by Crippen LogP contribution is -2.23. The van der Waals surface area contributed by atoms with Gasteiger partial charge < -0.3 is 10.6 Å². The van der Waals surface area contributed by atoms with Crippen LogP contribution in [0.15, 0.2) is 35.1 Å². The molecule has 0 aliphatic rings. The molecular formula is C13H12BrIN4O2. The highest BCUT2D eigenvalue weighted by Crippen LogP contribution is 2.20. The molecule has 1 heterocycles. The summed E-state index contributed by atoms with van der Waals surface area (Å²) < 4.78 is 3.15. The number of benzene rings is 1. The van der Waals surface area contributed by atoms with Crippen molar-refractivity contribution in [1.29, 1.82) is 0 Å². The van der Waals surface area contributed by atoms with E-state index < -0.39 is 0 Å². The van der Waals surface area contributed by atoms with E-state index in [-0.39, 0.29) is 18.4 Å². The van der Waals surface area contributed by atoms with Crippen LogP contribution >= 0.6 is 38.5 Å². The predicted molar refractivity (Wildman–Crippen MR) is 91.1 cm³/mol. The summed E-state index contributed by atoms with van der Waals surface area (Å²) in [5.74, 6) is -0.392. The molecule has 2 rings (SSSR count). The fourth-order valence-electron chi connectivity index (χ4n) is 1.61. The van der Waals surface area contributed by atoms with Crippen molar-refractivity contribution >= 4 is 56.0 Å². The van der Waals surface area contributed by atoms with Crippen molar-refractivity contribution in [3.8, 4) is 0 Å². The maximum Gasteiger partial charge on any atom is 0.256 e. The lowest BCUT2D eigenvalue weighted by atomic mass is 10.2. The van der Waals surface area contributed by atoms with Gasteiger partial charge in [-0.2, -0.15) is 5.10 Å². The number of hydrogen-bond donors (Lipinski definition) is 2. The van der Waals surface area contributed by atoms with Gasteiger partial charge in [0.1, 0.15) is 6.54 Å². The first kappa shape index (κ1) is 16.0. The Balaban J connectivity index is 2.09. The third-order valence-electron chi connectivity index (χ3n) is 2.65. The van der Waals surface area contributed by atoms with E-state index in [0.717, 1.165) is 8.04 Å². The SMILES string of the molecule is CNC(=O)Cn1cc(NC(=O)c2cc(I)ccc2Br)cn1. The standard InChI is InChI=1S/C13H12BrIN4O2/c1-16-12(20)7-19-6-9(5-17-19)18-13(21)10-4-8(15)2-3-11(10)14/h2-6H,7H2,1H3,(H,16,20)(H,18,21). The molecule has 0 atom stereocenters. The third kappa shape index (κ3) is 4.27. The van der Waals surface area contributed by atoms with Crippen molar-refractivity contribution in [3.05, 3.63) is 44.2 Å². The first-order valence-corrected chi connectivity index (χ1v) is 7.86. The highest BCUT2D eigenvalue weighted by molar-refractivity contribution is 14.1. The molecule has 0 unspecified atom stereocenters. The van der Waals surface area contributed by atoms with Crippen molar-refractivity contribution < 1.29 is 9.59 Å². The third-order valence-corrected chi connectivity index (χ3v) is 4.01. The summed E-state index contributed by atoms with van der Waals surface area (Å²) in [7, 11) is 1.56. The molecule has 0 saturated carbocycles. The number of nitrogens with one attached hydrogen (secondary N) is 2. The Kier molecular flexibility index (Phi) is 5.34. The summed E-state index contributed by atoms with van der Waals surface area (Å²) in [6.45, 7) is 0.110. The van der Waals surface area contributed by atoms with Gasteiger partial charge in [0, 0.05) is 21.3 Å². The van der Waals surface area contributed by atoms with Gasteiger partial charge >= 0.3 is 0 Å². The largest absolute Gasteiger partial charge is 0.358 e. The minimum Gasteiger partial charge on any atom is -0.358 e. The number of amides is 2. The molecule has 0 radical (unpaired) electrons. The molecule has 8 heteroatoms. The summed E-state index contributed by atoms with van der Waals surface area (Å²) in [6.07, 6.45) is 3.11. The van der Waals surface area contributed by atoms with Crippen molar-refractivity contribution in [2.75, 3.05) is 12.4 Å². The Labute approximate surface area is 143 Å². The molecule has 110 valence electrons. The Hall–Kier alpha value is -1.42. The van der Waals surface area contributed by atoms with Crippen LogP contribution in [0, 0.1) is 3.57 Å². The van der Waals surface area contributed by atoms with Crippen molar-refractivity contribution in [3.63, 3.8) is 0 Å². The summed E-state index contributed by atoms with van der Waals surface area (Å²) in [5, 5.41) is 9.28. The lowest BCUT2D eigenvalue weighted by Gasteiger charge is -2.05. The van der Waals surface area contributed by atoms with Gasteiger partial charge in [-0.25, -0.2) is 0 Å². The summed E-state index contributed by atoms with van der Waals surface area (Å²) in [6, 6.07) is 5.52. The number of halogens is 2. The molecule has 0 aliphatic heterocycles. The molecule has 0 fully saturated rings. The smallest absolute Gasteiger partial charge is 0.256 e. The van der Waals surface area contributed by atoms with Crippen LogP contribution in [-0.4, -0.2) is 28.6 Å². The van der Waals surface area contributed by atoms with E-state index in [1.807, 2.05) is 12.1 Å². The minimum absolute atomic E-state index is 0.110. The molecule has 21 heavy (non-hydrogen) atoms. The average Bonchev–Trinajstić information content (AvgIpc) is 2.88. The van der Waals surface area contributed by atoms with Gasteiger partial charge in [-0.1, -0.05) is 0 Å². The van der Waals surface area contributed by atoms with Crippen molar-refractivity contribution in [1.82, 2.24) is 15.1 Å². The molecule has 6 nitrogen and oxygen atoms in total. The van der Waals surface area contributed by atoms with E-state index in [1.54, 1.807) is 19.3 Å². The molecule has 2 N–H and O–H groups in total. The fraction of sp³-hybridized carbons (Fsp3) is 0.154. The maximum atomic E-state index is 12.2. The normalized spacial score (nSPS) is 10.2. The van der Waals surface area contributed by atoms with Gasteiger partial charge in [0.25, 0.3) is 5.91 Å². The number of hydrogen-bond acceptors (Lipinski definition) is 3. The van der Waals surface area contributed by atoms with Gasteiger partial charge in [-0.3, -0.25) is 14.3 Å². The van der Waals surface area contributed by atoms with Crippen molar-refractivity contribution in [2.45, 2.75) is 6.54 Å². The lowest BCUT2D eigenvalue weighted by molar-refractivity contribution is -0.121. The number of likely N-dealkylation sites (N-methyl/N-ethyl adjacent to an activating group) is 1. The zero-order valence-electron chi connectivity index (χ0n) is 11.1. The predicted octanol–water partition coefficient (Wildman–Crippen LogP) is 2.25. The highest BCUT2D eigenvalue weighted by Gasteiger charge is 2.12. The van der Waals surface area contributed by atoms with Crippen LogP contribution in [0.5, 0.6) is 0 Å². The molecule has 0 spiro atoms. The molecule has 1 aromatic carbocycles. The fourth-order valence-corrected chi connectivity index (χ4v) is 2.53. The molecule has 0 saturated heterocycles. The van der Waals surface area contributed by atoms with Crippen LogP contribution in [0.3, 0.4) is 0 Å². The van der Waals surface area contributed by atoms with Crippen LogP contribution in [-0.2, 0) is 11.3 Å². The summed E-state index contributed by atoms with van der Waals surface area (Å²) in [5.41, 5.74) is 1.08. The van der Waals surface area contributed by atoms with Gasteiger partial charge in [0.2, 0.25) is 5.91 Å². The molecule has 0 aliphatic carbocycles. The second kappa shape index (κ2) is 7.03. The topological polar surface area (TPSA) is 76.0 Å². The van der Waals surface area contributed by atoms with Crippen LogP contribution in [0.2, 0.25) is 0 Å². The van der Waals surface area contributed by atoms with Crippen LogP contribution in [0.25, 0.3) is 0 Å². The zero-order valence-corrected chi connectivity index (χ0v) is 14.8. The molecule has 0 bridgehead atoms. The highest BCUT2D eigenvalue weighted by atomic mass is 127. The van der Waals surface area contributed by atoms with E-state index in [2.05, 4.69) is 54.3 Å². The molecule has 2 amide bonds. The second-order valence-corrected chi connectivity index (χ2v) is 6.28. The van der Waals surface area contributed by atoms with Crippen LogP contribution < -0.4 is 10.6 Å². The number of carbonyl (C=O) groups excluding carboxylic acids is 2. The Morgan fingerprint density at radius 3 is 2.90 bits per heavy atom. The van der Waals surface area contributed by atoms with Gasteiger partial charge in [0.15, 0.2) is 0 Å². The van der Waals surface area contributed by atoms with Gasteiger partial charge in [-0.05, 0) is 56.7 Å². The Bertz CT molecular complexity index is 687. The number of anilines is 1. The van der Waals surface area contributed by atoms with E-state index >= 15 is 0 Å². The quantitative estimate of drug-likeness (QED) is 0.684. The number of nitrogens with zero attached hydrogens (tertiary/aromatic N) is 2. The van der Waals surface area contributed by atoms with Crippen LogP contribution in [0.1, 0.15) is 10.4 Å². The molecule has 1 aromatic heterocycles. The van der Waals surface area contributed by atoms with Gasteiger partial charge in [0.05, 0.1) is 17.4 Å². The first-order valence-electron chi connectivity index (χ1n) is 5.99. The maximum absolute atomic E-state index is 12.2. The van der Waals surface area contributed by atoms with E-state index in [0.29, 0.717) is 11.3 Å². The van der Waals surface area contributed by atoms with E-state index in [9.17, 15) is 9.59 Å². The number of aromatic nitrogens is 2. The Morgan fingerprint density at radius 2 is 2.19 bits per heavy atom.